The zero-order valence-corrected chi connectivity index (χ0v) is 14.5. The zero-order chi connectivity index (χ0) is 17.6. The summed E-state index contributed by atoms with van der Waals surface area (Å²) in [6.07, 6.45) is -1.04. The molecule has 0 N–H and O–H groups in total. The Balaban J connectivity index is 1.73. The zero-order valence-electron chi connectivity index (χ0n) is 13.0. The first-order chi connectivity index (χ1) is 12.0. The largest absolute Gasteiger partial charge is 0.474 e. The Bertz CT molecular complexity index is 1030. The lowest BCUT2D eigenvalue weighted by Crippen LogP contribution is -2.40. The Labute approximate surface area is 154 Å². The van der Waals surface area contributed by atoms with Gasteiger partial charge >= 0.3 is 0 Å². The van der Waals surface area contributed by atoms with E-state index in [-0.39, 0.29) is 22.8 Å². The summed E-state index contributed by atoms with van der Waals surface area (Å²) >= 11 is 12.0. The van der Waals surface area contributed by atoms with E-state index in [9.17, 15) is 9.59 Å². The average molecular weight is 371 g/mol. The van der Waals surface area contributed by atoms with Crippen molar-refractivity contribution in [3.63, 3.8) is 0 Å². The standard InChI is InChI=1S/C20H12Cl2O3/c21-12-6-7-14(16(22)9-12)19(24)20-17(23)10-15-13-4-2-1-3-11(13)5-8-18(15)25-20/h1-9,20H,10H2. The minimum absolute atomic E-state index is 0.151. The van der Waals surface area contributed by atoms with Gasteiger partial charge in [0.05, 0.1) is 5.02 Å². The van der Waals surface area contributed by atoms with Gasteiger partial charge in [-0.1, -0.05) is 53.5 Å². The average Bonchev–Trinajstić information content (AvgIpc) is 2.60. The normalized spacial score (nSPS) is 16.4. The Morgan fingerprint density at radius 3 is 2.64 bits per heavy atom. The lowest BCUT2D eigenvalue weighted by Gasteiger charge is -2.25. The van der Waals surface area contributed by atoms with E-state index >= 15 is 0 Å². The van der Waals surface area contributed by atoms with E-state index in [0.29, 0.717) is 10.8 Å². The van der Waals surface area contributed by atoms with Gasteiger partial charge < -0.3 is 4.74 Å². The van der Waals surface area contributed by atoms with Crippen LogP contribution in [0.2, 0.25) is 10.0 Å². The number of rotatable bonds is 2. The van der Waals surface area contributed by atoms with Crippen LogP contribution in [0, 0.1) is 0 Å². The molecule has 3 nitrogen and oxygen atoms in total. The molecule has 0 spiro atoms. The fourth-order valence-corrected chi connectivity index (χ4v) is 3.60. The Hall–Kier alpha value is -2.36. The molecule has 0 saturated heterocycles. The molecule has 1 aliphatic heterocycles. The van der Waals surface area contributed by atoms with Crippen LogP contribution in [0.25, 0.3) is 10.8 Å². The van der Waals surface area contributed by atoms with E-state index < -0.39 is 11.9 Å². The minimum atomic E-state index is -1.19. The van der Waals surface area contributed by atoms with Gasteiger partial charge in [-0.25, -0.2) is 0 Å². The maximum Gasteiger partial charge on any atom is 0.219 e. The molecule has 1 heterocycles. The van der Waals surface area contributed by atoms with E-state index in [2.05, 4.69) is 0 Å². The van der Waals surface area contributed by atoms with Gasteiger partial charge in [0.1, 0.15) is 5.75 Å². The second kappa shape index (κ2) is 6.17. The van der Waals surface area contributed by atoms with E-state index in [1.165, 1.54) is 12.1 Å². The molecule has 0 saturated carbocycles. The molecular weight excluding hydrogens is 359 g/mol. The van der Waals surface area contributed by atoms with Gasteiger partial charge in [0.15, 0.2) is 5.78 Å². The molecule has 3 aromatic rings. The summed E-state index contributed by atoms with van der Waals surface area (Å²) in [6.45, 7) is 0. The molecule has 0 radical (unpaired) electrons. The first-order valence-corrected chi connectivity index (χ1v) is 8.49. The molecule has 1 unspecified atom stereocenters. The first kappa shape index (κ1) is 16.1. The smallest absolute Gasteiger partial charge is 0.219 e. The lowest BCUT2D eigenvalue weighted by atomic mass is 9.92. The second-order valence-corrected chi connectivity index (χ2v) is 6.74. The van der Waals surface area contributed by atoms with Crippen molar-refractivity contribution in [2.45, 2.75) is 12.5 Å². The van der Waals surface area contributed by atoms with Crippen LogP contribution in [0.3, 0.4) is 0 Å². The summed E-state index contributed by atoms with van der Waals surface area (Å²) in [6, 6.07) is 16.1. The number of benzene rings is 3. The Kier molecular flexibility index (Phi) is 3.98. The Morgan fingerprint density at radius 2 is 1.84 bits per heavy atom. The van der Waals surface area contributed by atoms with Crippen molar-refractivity contribution in [1.29, 1.82) is 0 Å². The van der Waals surface area contributed by atoms with Crippen LogP contribution in [0.15, 0.2) is 54.6 Å². The van der Waals surface area contributed by atoms with Crippen molar-refractivity contribution in [2.75, 3.05) is 0 Å². The fourth-order valence-electron chi connectivity index (χ4n) is 3.10. The number of fused-ring (bicyclic) bond motifs is 3. The molecule has 0 aliphatic carbocycles. The molecule has 4 rings (SSSR count). The molecule has 124 valence electrons. The summed E-state index contributed by atoms with van der Waals surface area (Å²) in [5.74, 6) is -0.174. The predicted octanol–water partition coefficient (Wildman–Crippen LogP) is 4.90. The number of halogens is 2. The summed E-state index contributed by atoms with van der Waals surface area (Å²) in [7, 11) is 0. The number of ketones is 2. The number of carbonyl (C=O) groups is 2. The van der Waals surface area contributed by atoms with E-state index in [0.717, 1.165) is 16.3 Å². The van der Waals surface area contributed by atoms with Crippen LogP contribution in [-0.4, -0.2) is 17.7 Å². The van der Waals surface area contributed by atoms with E-state index in [1.807, 2.05) is 30.3 Å². The number of hydrogen-bond donors (Lipinski definition) is 0. The predicted molar refractivity (Wildman–Crippen MR) is 97.9 cm³/mol. The highest BCUT2D eigenvalue weighted by Gasteiger charge is 2.35. The van der Waals surface area contributed by atoms with Gasteiger partial charge in [-0.3, -0.25) is 9.59 Å². The van der Waals surface area contributed by atoms with Crippen molar-refractivity contribution < 1.29 is 14.3 Å². The van der Waals surface area contributed by atoms with Crippen LogP contribution in [-0.2, 0) is 11.2 Å². The summed E-state index contributed by atoms with van der Waals surface area (Å²) in [5, 5.41) is 2.62. The number of hydrogen-bond acceptors (Lipinski definition) is 3. The molecule has 3 aromatic carbocycles. The van der Waals surface area contributed by atoms with E-state index in [4.69, 9.17) is 27.9 Å². The molecule has 5 heteroatoms. The van der Waals surface area contributed by atoms with Crippen molar-refractivity contribution in [3.8, 4) is 5.75 Å². The summed E-state index contributed by atoms with van der Waals surface area (Å²) in [4.78, 5) is 25.3. The van der Waals surface area contributed by atoms with Crippen LogP contribution in [0.1, 0.15) is 15.9 Å². The maximum atomic E-state index is 12.7. The highest BCUT2D eigenvalue weighted by atomic mass is 35.5. The van der Waals surface area contributed by atoms with Gasteiger partial charge in [0, 0.05) is 22.6 Å². The van der Waals surface area contributed by atoms with Gasteiger partial charge in [0.2, 0.25) is 11.9 Å². The SMILES string of the molecule is O=C1Cc2c(ccc3ccccc23)OC1C(=O)c1ccc(Cl)cc1Cl. The van der Waals surface area contributed by atoms with Crippen LogP contribution in [0.4, 0.5) is 0 Å². The van der Waals surface area contributed by atoms with Crippen LogP contribution in [0.5, 0.6) is 5.75 Å². The molecule has 1 atom stereocenters. The van der Waals surface area contributed by atoms with Crippen LogP contribution >= 0.6 is 23.2 Å². The van der Waals surface area contributed by atoms with Gasteiger partial charge in [-0.2, -0.15) is 0 Å². The number of Topliss-reactive ketones (excluding diaryl/α,β-unsaturated/α-hetero) is 2. The fraction of sp³-hybridized carbons (Fsp3) is 0.100. The molecule has 1 aliphatic rings. The van der Waals surface area contributed by atoms with Crippen molar-refractivity contribution in [1.82, 2.24) is 0 Å². The van der Waals surface area contributed by atoms with Gasteiger partial charge in [-0.15, -0.1) is 0 Å². The first-order valence-electron chi connectivity index (χ1n) is 7.74. The molecule has 0 aromatic heterocycles. The molecule has 0 amide bonds. The maximum absolute atomic E-state index is 12.7. The third-order valence-corrected chi connectivity index (χ3v) is 4.87. The van der Waals surface area contributed by atoms with Crippen LogP contribution < -0.4 is 4.74 Å². The minimum Gasteiger partial charge on any atom is -0.474 e. The van der Waals surface area contributed by atoms with Gasteiger partial charge in [0.25, 0.3) is 0 Å². The topological polar surface area (TPSA) is 43.4 Å². The molecule has 0 bridgehead atoms. The highest BCUT2D eigenvalue weighted by Crippen LogP contribution is 2.34. The Morgan fingerprint density at radius 1 is 1.04 bits per heavy atom. The summed E-state index contributed by atoms with van der Waals surface area (Å²) < 4.78 is 5.76. The lowest BCUT2D eigenvalue weighted by molar-refractivity contribution is -0.124. The number of ether oxygens (including phenoxy) is 1. The number of carbonyl (C=O) groups excluding carboxylic acids is 2. The molecule has 0 fully saturated rings. The van der Waals surface area contributed by atoms with Crippen molar-refractivity contribution >= 4 is 45.5 Å². The van der Waals surface area contributed by atoms with Crippen molar-refractivity contribution in [2.24, 2.45) is 0 Å². The quantitative estimate of drug-likeness (QED) is 0.475. The highest BCUT2D eigenvalue weighted by molar-refractivity contribution is 6.37. The second-order valence-electron chi connectivity index (χ2n) is 5.89. The molecule has 25 heavy (non-hydrogen) atoms. The monoisotopic (exact) mass is 370 g/mol. The third kappa shape index (κ3) is 2.80. The van der Waals surface area contributed by atoms with E-state index in [1.54, 1.807) is 12.1 Å². The summed E-state index contributed by atoms with van der Waals surface area (Å²) in [5.41, 5.74) is 1.04. The molecular formula is C20H12Cl2O3. The third-order valence-electron chi connectivity index (χ3n) is 4.32. The van der Waals surface area contributed by atoms with Crippen molar-refractivity contribution in [3.05, 3.63) is 75.8 Å². The van der Waals surface area contributed by atoms with Gasteiger partial charge in [-0.05, 0) is 35.0 Å².